The summed E-state index contributed by atoms with van der Waals surface area (Å²) in [6.45, 7) is 1.87. The monoisotopic (exact) mass is 275 g/mol. The predicted octanol–water partition coefficient (Wildman–Crippen LogP) is 3.60. The van der Waals surface area contributed by atoms with Crippen molar-refractivity contribution in [1.82, 2.24) is 4.98 Å². The Labute approximate surface area is 122 Å². The summed E-state index contributed by atoms with van der Waals surface area (Å²) >= 11 is 0. The van der Waals surface area contributed by atoms with E-state index in [9.17, 15) is 4.79 Å². The fourth-order valence-electron chi connectivity index (χ4n) is 2.34. The third-order valence-corrected chi connectivity index (χ3v) is 3.44. The molecule has 2 N–H and O–H groups in total. The zero-order valence-electron chi connectivity index (χ0n) is 11.5. The number of H-pyrrole nitrogens is 1. The van der Waals surface area contributed by atoms with Crippen molar-refractivity contribution in [2.45, 2.75) is 6.92 Å². The number of rotatable bonds is 2. The predicted molar refractivity (Wildman–Crippen MR) is 82.1 cm³/mol. The Balaban J connectivity index is 1.94. The first-order valence-electron chi connectivity index (χ1n) is 6.57. The largest absolute Gasteiger partial charge is 0.361 e. The lowest BCUT2D eigenvalue weighted by molar-refractivity contribution is 0.102. The molecule has 0 fully saturated rings. The Kier molecular flexibility index (Phi) is 3.17. The summed E-state index contributed by atoms with van der Waals surface area (Å²) in [4.78, 5) is 15.5. The molecule has 0 aliphatic heterocycles. The highest BCUT2D eigenvalue weighted by Gasteiger charge is 2.12. The van der Waals surface area contributed by atoms with Gasteiger partial charge in [-0.1, -0.05) is 12.1 Å². The second-order valence-corrected chi connectivity index (χ2v) is 4.84. The van der Waals surface area contributed by atoms with E-state index in [-0.39, 0.29) is 5.91 Å². The SMILES string of the molecule is Cc1cc(C#N)ccc1NC(=O)c1cccc2cc[nH]c12. The van der Waals surface area contributed by atoms with Gasteiger partial charge in [-0.2, -0.15) is 5.26 Å². The van der Waals surface area contributed by atoms with Crippen molar-refractivity contribution in [2.75, 3.05) is 5.32 Å². The minimum atomic E-state index is -0.171. The van der Waals surface area contributed by atoms with Crippen LogP contribution in [0.5, 0.6) is 0 Å². The zero-order chi connectivity index (χ0) is 14.8. The highest BCUT2D eigenvalue weighted by molar-refractivity contribution is 6.12. The third kappa shape index (κ3) is 2.37. The van der Waals surface area contributed by atoms with Crippen LogP contribution < -0.4 is 5.32 Å². The van der Waals surface area contributed by atoms with E-state index in [1.165, 1.54) is 0 Å². The van der Waals surface area contributed by atoms with Crippen LogP contribution in [-0.2, 0) is 0 Å². The van der Waals surface area contributed by atoms with Crippen LogP contribution in [0.25, 0.3) is 10.9 Å². The van der Waals surface area contributed by atoms with Gasteiger partial charge in [-0.15, -0.1) is 0 Å². The molecular weight excluding hydrogens is 262 g/mol. The minimum absolute atomic E-state index is 0.171. The lowest BCUT2D eigenvalue weighted by Gasteiger charge is -2.09. The number of anilines is 1. The van der Waals surface area contributed by atoms with Crippen molar-refractivity contribution in [3.63, 3.8) is 0 Å². The van der Waals surface area contributed by atoms with Gasteiger partial charge < -0.3 is 10.3 Å². The Morgan fingerprint density at radius 2 is 2.10 bits per heavy atom. The van der Waals surface area contributed by atoms with Crippen molar-refractivity contribution < 1.29 is 4.79 Å². The van der Waals surface area contributed by atoms with Crippen LogP contribution in [0.3, 0.4) is 0 Å². The molecule has 1 amide bonds. The average Bonchev–Trinajstić information content (AvgIpc) is 2.97. The van der Waals surface area contributed by atoms with Gasteiger partial charge in [0, 0.05) is 17.3 Å². The number of carbonyl (C=O) groups excluding carboxylic acids is 1. The molecule has 0 aliphatic rings. The van der Waals surface area contributed by atoms with Crippen molar-refractivity contribution in [2.24, 2.45) is 0 Å². The summed E-state index contributed by atoms with van der Waals surface area (Å²) in [5, 5.41) is 12.8. The van der Waals surface area contributed by atoms with E-state index in [4.69, 9.17) is 5.26 Å². The van der Waals surface area contributed by atoms with Gasteiger partial charge in [-0.05, 0) is 42.8 Å². The maximum atomic E-state index is 12.4. The van der Waals surface area contributed by atoms with Gasteiger partial charge in [-0.25, -0.2) is 0 Å². The highest BCUT2D eigenvalue weighted by atomic mass is 16.1. The van der Waals surface area contributed by atoms with E-state index in [1.807, 2.05) is 31.3 Å². The Hall–Kier alpha value is -3.06. The molecule has 2 aromatic carbocycles. The smallest absolute Gasteiger partial charge is 0.257 e. The minimum Gasteiger partial charge on any atom is -0.361 e. The van der Waals surface area contributed by atoms with Crippen LogP contribution in [0, 0.1) is 18.3 Å². The molecule has 0 saturated heterocycles. The van der Waals surface area contributed by atoms with Crippen LogP contribution in [0.2, 0.25) is 0 Å². The topological polar surface area (TPSA) is 68.7 Å². The lowest BCUT2D eigenvalue weighted by atomic mass is 10.1. The van der Waals surface area contributed by atoms with Gasteiger partial charge in [-0.3, -0.25) is 4.79 Å². The number of hydrogen-bond donors (Lipinski definition) is 2. The van der Waals surface area contributed by atoms with E-state index in [0.717, 1.165) is 16.5 Å². The number of fused-ring (bicyclic) bond motifs is 1. The van der Waals surface area contributed by atoms with Crippen molar-refractivity contribution in [3.05, 3.63) is 65.4 Å². The van der Waals surface area contributed by atoms with Crippen LogP contribution in [0.15, 0.2) is 48.7 Å². The Bertz CT molecular complexity index is 871. The van der Waals surface area contributed by atoms with Crippen LogP contribution in [-0.4, -0.2) is 10.9 Å². The molecule has 21 heavy (non-hydrogen) atoms. The molecule has 0 radical (unpaired) electrons. The van der Waals surface area contributed by atoms with Crippen LogP contribution in [0.1, 0.15) is 21.5 Å². The molecule has 1 heterocycles. The molecular formula is C17H13N3O. The van der Waals surface area contributed by atoms with Crippen molar-refractivity contribution in [3.8, 4) is 6.07 Å². The van der Waals surface area contributed by atoms with Crippen LogP contribution >= 0.6 is 0 Å². The summed E-state index contributed by atoms with van der Waals surface area (Å²) in [5.41, 5.74) is 3.57. The number of aryl methyl sites for hydroxylation is 1. The van der Waals surface area contributed by atoms with Gasteiger partial charge in [0.15, 0.2) is 0 Å². The third-order valence-electron chi connectivity index (χ3n) is 3.44. The molecule has 3 aromatic rings. The molecule has 0 saturated carbocycles. The first-order chi connectivity index (χ1) is 10.2. The number of hydrogen-bond acceptors (Lipinski definition) is 2. The molecule has 1 aromatic heterocycles. The van der Waals surface area contributed by atoms with Gasteiger partial charge in [0.1, 0.15) is 0 Å². The van der Waals surface area contributed by atoms with E-state index < -0.39 is 0 Å². The number of nitrogens with zero attached hydrogens (tertiary/aromatic N) is 1. The molecule has 0 atom stereocenters. The van der Waals surface area contributed by atoms with Gasteiger partial charge in [0.25, 0.3) is 5.91 Å². The van der Waals surface area contributed by atoms with Gasteiger partial charge in [0.2, 0.25) is 0 Å². The van der Waals surface area contributed by atoms with Gasteiger partial charge >= 0.3 is 0 Å². The molecule has 0 aliphatic carbocycles. The zero-order valence-corrected chi connectivity index (χ0v) is 11.5. The number of benzene rings is 2. The highest BCUT2D eigenvalue weighted by Crippen LogP contribution is 2.20. The Morgan fingerprint density at radius 3 is 2.86 bits per heavy atom. The number of nitriles is 1. The molecule has 3 rings (SSSR count). The number of para-hydroxylation sites is 1. The van der Waals surface area contributed by atoms with E-state index in [2.05, 4.69) is 16.4 Å². The maximum Gasteiger partial charge on any atom is 0.257 e. The molecule has 0 bridgehead atoms. The van der Waals surface area contributed by atoms with E-state index in [0.29, 0.717) is 16.8 Å². The average molecular weight is 275 g/mol. The van der Waals surface area contributed by atoms with E-state index >= 15 is 0 Å². The quantitative estimate of drug-likeness (QED) is 0.750. The molecule has 0 unspecified atom stereocenters. The van der Waals surface area contributed by atoms with Crippen LogP contribution in [0.4, 0.5) is 5.69 Å². The fraction of sp³-hybridized carbons (Fsp3) is 0.0588. The van der Waals surface area contributed by atoms with E-state index in [1.54, 1.807) is 24.3 Å². The number of carbonyl (C=O) groups is 1. The molecule has 4 heteroatoms. The summed E-state index contributed by atoms with van der Waals surface area (Å²) in [7, 11) is 0. The summed E-state index contributed by atoms with van der Waals surface area (Å²) in [6, 6.07) is 14.8. The van der Waals surface area contributed by atoms with Crippen molar-refractivity contribution in [1.29, 1.82) is 5.26 Å². The summed E-state index contributed by atoms with van der Waals surface area (Å²) < 4.78 is 0. The second kappa shape index (κ2) is 5.14. The standard InChI is InChI=1S/C17H13N3O/c1-11-9-12(10-18)5-6-15(11)20-17(21)14-4-2-3-13-7-8-19-16(13)14/h2-9,19H,1H3,(H,20,21). The Morgan fingerprint density at radius 1 is 1.24 bits per heavy atom. The van der Waals surface area contributed by atoms with Gasteiger partial charge in [0.05, 0.1) is 22.7 Å². The first-order valence-corrected chi connectivity index (χ1v) is 6.57. The number of nitrogens with one attached hydrogen (secondary N) is 2. The number of amides is 1. The number of aromatic nitrogens is 1. The normalized spacial score (nSPS) is 10.3. The molecule has 102 valence electrons. The summed E-state index contributed by atoms with van der Waals surface area (Å²) in [5.74, 6) is -0.171. The fourth-order valence-corrected chi connectivity index (χ4v) is 2.34. The molecule has 4 nitrogen and oxygen atoms in total. The second-order valence-electron chi connectivity index (χ2n) is 4.84. The lowest BCUT2D eigenvalue weighted by Crippen LogP contribution is -2.13. The maximum absolute atomic E-state index is 12.4. The first kappa shape index (κ1) is 12.9. The molecule has 0 spiro atoms. The summed E-state index contributed by atoms with van der Waals surface area (Å²) in [6.07, 6.45) is 1.81. The number of aromatic amines is 1. The van der Waals surface area contributed by atoms with Crippen molar-refractivity contribution >= 4 is 22.5 Å².